The molecule has 2 aliphatic rings. The maximum absolute atomic E-state index is 5.64. The van der Waals surface area contributed by atoms with Crippen molar-refractivity contribution < 1.29 is 4.42 Å². The highest BCUT2D eigenvalue weighted by atomic mass is 16.4. The van der Waals surface area contributed by atoms with Gasteiger partial charge in [0.2, 0.25) is 5.89 Å². The molecule has 3 nitrogen and oxygen atoms in total. The molecule has 0 aliphatic heterocycles. The molecule has 2 saturated carbocycles. The quantitative estimate of drug-likeness (QED) is 0.774. The van der Waals surface area contributed by atoms with Gasteiger partial charge >= 0.3 is 0 Å². The van der Waals surface area contributed by atoms with E-state index in [-0.39, 0.29) is 0 Å². The fraction of sp³-hybridized carbons (Fsp3) is 0.727. The average molecular weight is 192 g/mol. The molecular weight excluding hydrogens is 176 g/mol. The fourth-order valence-corrected chi connectivity index (χ4v) is 1.65. The van der Waals surface area contributed by atoms with E-state index in [0.717, 1.165) is 36.6 Å². The summed E-state index contributed by atoms with van der Waals surface area (Å²) in [6, 6.07) is 0.730. The van der Waals surface area contributed by atoms with Crippen molar-refractivity contribution in [1.82, 2.24) is 10.3 Å². The first kappa shape index (κ1) is 8.48. The highest BCUT2D eigenvalue weighted by Crippen LogP contribution is 2.32. The molecule has 0 atom stereocenters. The Bertz CT molecular complexity index is 313. The van der Waals surface area contributed by atoms with Gasteiger partial charge < -0.3 is 9.73 Å². The summed E-state index contributed by atoms with van der Waals surface area (Å²) in [4.78, 5) is 4.27. The average Bonchev–Trinajstić information content (AvgIpc) is 3.06. The van der Waals surface area contributed by atoms with Crippen LogP contribution in [0, 0.1) is 5.92 Å². The van der Waals surface area contributed by atoms with E-state index in [0.29, 0.717) is 0 Å². The van der Waals surface area contributed by atoms with E-state index < -0.39 is 0 Å². The van der Waals surface area contributed by atoms with Gasteiger partial charge in [-0.2, -0.15) is 0 Å². The largest absolute Gasteiger partial charge is 0.444 e. The summed E-state index contributed by atoms with van der Waals surface area (Å²) in [6.45, 7) is 0.801. The molecule has 3 heteroatoms. The van der Waals surface area contributed by atoms with E-state index in [9.17, 15) is 0 Å². The monoisotopic (exact) mass is 192 g/mol. The van der Waals surface area contributed by atoms with Gasteiger partial charge in [0.05, 0.1) is 12.7 Å². The van der Waals surface area contributed by atoms with E-state index in [1.807, 2.05) is 6.20 Å². The molecule has 1 N–H and O–H groups in total. The van der Waals surface area contributed by atoms with Crippen LogP contribution in [-0.4, -0.2) is 11.0 Å². The van der Waals surface area contributed by atoms with Gasteiger partial charge in [-0.1, -0.05) is 0 Å². The van der Waals surface area contributed by atoms with Crippen LogP contribution >= 0.6 is 0 Å². The minimum Gasteiger partial charge on any atom is -0.444 e. The molecule has 0 amide bonds. The smallest absolute Gasteiger partial charge is 0.208 e. The van der Waals surface area contributed by atoms with Gasteiger partial charge in [-0.15, -0.1) is 0 Å². The van der Waals surface area contributed by atoms with Crippen LogP contribution in [0.5, 0.6) is 0 Å². The number of nitrogens with one attached hydrogen (secondary N) is 1. The molecule has 0 aromatic carbocycles. The molecule has 3 rings (SSSR count). The minimum atomic E-state index is 0.730. The first-order chi connectivity index (χ1) is 6.90. The molecule has 14 heavy (non-hydrogen) atoms. The van der Waals surface area contributed by atoms with E-state index in [1.165, 1.54) is 25.7 Å². The lowest BCUT2D eigenvalue weighted by Gasteiger charge is -1.96. The van der Waals surface area contributed by atoms with Gasteiger partial charge in [0, 0.05) is 12.5 Å². The lowest BCUT2D eigenvalue weighted by molar-refractivity contribution is 0.429. The van der Waals surface area contributed by atoms with Crippen LogP contribution < -0.4 is 5.32 Å². The predicted octanol–water partition coefficient (Wildman–Crippen LogP) is 1.88. The Labute approximate surface area is 83.9 Å². The molecule has 0 spiro atoms. The molecule has 1 heterocycles. The van der Waals surface area contributed by atoms with E-state index in [1.54, 1.807) is 0 Å². The summed E-state index contributed by atoms with van der Waals surface area (Å²) in [5.41, 5.74) is 0. The van der Waals surface area contributed by atoms with Crippen LogP contribution in [0.4, 0.5) is 0 Å². The Morgan fingerprint density at radius 2 is 2.21 bits per heavy atom. The zero-order valence-electron chi connectivity index (χ0n) is 8.33. The topological polar surface area (TPSA) is 38.1 Å². The summed E-state index contributed by atoms with van der Waals surface area (Å²) >= 11 is 0. The third kappa shape index (κ3) is 2.15. The van der Waals surface area contributed by atoms with Gasteiger partial charge in [0.15, 0.2) is 0 Å². The molecule has 2 aliphatic carbocycles. The SMILES string of the molecule is c1nc(CNC2CC2)oc1CC1CC1. The number of hydrogen-bond donors (Lipinski definition) is 1. The number of hydrogen-bond acceptors (Lipinski definition) is 3. The number of rotatable bonds is 5. The Kier molecular flexibility index (Phi) is 2.05. The first-order valence-electron chi connectivity index (χ1n) is 5.57. The van der Waals surface area contributed by atoms with Crippen LogP contribution in [0.3, 0.4) is 0 Å². The molecule has 76 valence electrons. The minimum absolute atomic E-state index is 0.730. The molecule has 1 aromatic rings. The van der Waals surface area contributed by atoms with Crippen molar-refractivity contribution in [2.45, 2.75) is 44.7 Å². The summed E-state index contributed by atoms with van der Waals surface area (Å²) in [5, 5.41) is 3.40. The molecule has 1 aromatic heterocycles. The normalized spacial score (nSPS) is 21.4. The Balaban J connectivity index is 1.52. The van der Waals surface area contributed by atoms with Crippen LogP contribution in [0.2, 0.25) is 0 Å². The van der Waals surface area contributed by atoms with Gasteiger partial charge in [0.25, 0.3) is 0 Å². The maximum atomic E-state index is 5.64. The zero-order chi connectivity index (χ0) is 9.38. The fourth-order valence-electron chi connectivity index (χ4n) is 1.65. The second-order valence-electron chi connectivity index (χ2n) is 4.52. The Morgan fingerprint density at radius 3 is 2.93 bits per heavy atom. The van der Waals surface area contributed by atoms with Crippen molar-refractivity contribution >= 4 is 0 Å². The van der Waals surface area contributed by atoms with E-state index in [2.05, 4.69) is 10.3 Å². The molecule has 0 bridgehead atoms. The second-order valence-corrected chi connectivity index (χ2v) is 4.52. The van der Waals surface area contributed by atoms with Gasteiger partial charge in [-0.3, -0.25) is 0 Å². The first-order valence-corrected chi connectivity index (χ1v) is 5.57. The number of nitrogens with zero attached hydrogens (tertiary/aromatic N) is 1. The Morgan fingerprint density at radius 1 is 1.36 bits per heavy atom. The third-order valence-corrected chi connectivity index (χ3v) is 2.91. The van der Waals surface area contributed by atoms with Crippen LogP contribution in [0.15, 0.2) is 10.6 Å². The number of aromatic nitrogens is 1. The predicted molar refractivity (Wildman–Crippen MR) is 52.8 cm³/mol. The zero-order valence-corrected chi connectivity index (χ0v) is 8.33. The van der Waals surface area contributed by atoms with Crippen molar-refractivity contribution in [3.8, 4) is 0 Å². The van der Waals surface area contributed by atoms with Crippen molar-refractivity contribution in [3.05, 3.63) is 17.8 Å². The van der Waals surface area contributed by atoms with Crippen molar-refractivity contribution in [2.24, 2.45) is 5.92 Å². The lowest BCUT2D eigenvalue weighted by atomic mass is 10.2. The number of oxazole rings is 1. The summed E-state index contributed by atoms with van der Waals surface area (Å²) in [6.07, 6.45) is 8.36. The maximum Gasteiger partial charge on any atom is 0.208 e. The highest BCUT2D eigenvalue weighted by Gasteiger charge is 2.24. The van der Waals surface area contributed by atoms with E-state index >= 15 is 0 Å². The van der Waals surface area contributed by atoms with Gasteiger partial charge in [-0.05, 0) is 31.6 Å². The van der Waals surface area contributed by atoms with Crippen LogP contribution in [-0.2, 0) is 13.0 Å². The third-order valence-electron chi connectivity index (χ3n) is 2.91. The Hall–Kier alpha value is -0.830. The molecule has 0 radical (unpaired) electrons. The summed E-state index contributed by atoms with van der Waals surface area (Å²) in [5.74, 6) is 2.81. The van der Waals surface area contributed by atoms with Gasteiger partial charge in [0.1, 0.15) is 5.76 Å². The van der Waals surface area contributed by atoms with Crippen LogP contribution in [0.1, 0.15) is 37.3 Å². The van der Waals surface area contributed by atoms with E-state index in [4.69, 9.17) is 4.42 Å². The lowest BCUT2D eigenvalue weighted by Crippen LogP contribution is -2.15. The standard InChI is InChI=1S/C11H16N2O/c1-2-8(1)5-10-6-13-11(14-10)7-12-9-3-4-9/h6,8-9,12H,1-5,7H2. The summed E-state index contributed by atoms with van der Waals surface area (Å²) in [7, 11) is 0. The van der Waals surface area contributed by atoms with Crippen LogP contribution in [0.25, 0.3) is 0 Å². The second kappa shape index (κ2) is 3.39. The molecule has 0 saturated heterocycles. The van der Waals surface area contributed by atoms with Crippen molar-refractivity contribution in [3.63, 3.8) is 0 Å². The van der Waals surface area contributed by atoms with Crippen molar-refractivity contribution in [1.29, 1.82) is 0 Å². The highest BCUT2D eigenvalue weighted by molar-refractivity contribution is 4.98. The summed E-state index contributed by atoms with van der Waals surface area (Å²) < 4.78 is 5.64. The molecular formula is C11H16N2O. The molecule has 2 fully saturated rings. The van der Waals surface area contributed by atoms with Crippen molar-refractivity contribution in [2.75, 3.05) is 0 Å². The van der Waals surface area contributed by atoms with Gasteiger partial charge in [-0.25, -0.2) is 4.98 Å². The molecule has 0 unspecified atom stereocenters.